The Balaban J connectivity index is 0.00000280. The molecule has 0 amide bonds. The minimum atomic E-state index is 0. The van der Waals surface area contributed by atoms with Gasteiger partial charge in [0.15, 0.2) is 11.8 Å². The topological polar surface area (TPSA) is 58.3 Å². The minimum Gasteiger partial charge on any atom is -0.352 e. The van der Waals surface area contributed by atoms with Gasteiger partial charge >= 0.3 is 0 Å². The number of aliphatic imine (C=N–C) groups is 1. The zero-order valence-corrected chi connectivity index (χ0v) is 20.0. The number of guanidine groups is 1. The number of hydrogen-bond donors (Lipinski definition) is 1. The van der Waals surface area contributed by atoms with E-state index in [2.05, 4.69) is 51.3 Å². The van der Waals surface area contributed by atoms with Crippen molar-refractivity contribution >= 4 is 29.9 Å². The second-order valence-corrected chi connectivity index (χ2v) is 7.99. The maximum Gasteiger partial charge on any atom is 0.193 e. The van der Waals surface area contributed by atoms with Gasteiger partial charge in [-0.1, -0.05) is 19.9 Å². The molecule has 1 fully saturated rings. The van der Waals surface area contributed by atoms with E-state index in [9.17, 15) is 0 Å². The summed E-state index contributed by atoms with van der Waals surface area (Å²) in [5.74, 6) is 3.38. The Bertz CT molecular complexity index is 781. The molecule has 0 aliphatic carbocycles. The predicted molar refractivity (Wildman–Crippen MR) is 126 cm³/mol. The van der Waals surface area contributed by atoms with Crippen LogP contribution < -0.4 is 5.32 Å². The van der Waals surface area contributed by atoms with Crippen molar-refractivity contribution in [3.8, 4) is 5.82 Å². The lowest BCUT2D eigenvalue weighted by Crippen LogP contribution is -2.39. The van der Waals surface area contributed by atoms with Gasteiger partial charge in [0.1, 0.15) is 0 Å². The van der Waals surface area contributed by atoms with Crippen LogP contribution in [0.3, 0.4) is 0 Å². The highest BCUT2D eigenvalue weighted by Gasteiger charge is 2.25. The van der Waals surface area contributed by atoms with E-state index < -0.39 is 0 Å². The van der Waals surface area contributed by atoms with Gasteiger partial charge in [-0.05, 0) is 56.2 Å². The molecular formula is C21H33IN6. The first-order valence-electron chi connectivity index (χ1n) is 9.90. The van der Waals surface area contributed by atoms with Crippen molar-refractivity contribution in [2.24, 2.45) is 16.8 Å². The smallest absolute Gasteiger partial charge is 0.193 e. The maximum atomic E-state index is 4.58. The molecule has 1 saturated heterocycles. The van der Waals surface area contributed by atoms with E-state index in [0.29, 0.717) is 0 Å². The second-order valence-electron chi connectivity index (χ2n) is 7.99. The molecule has 7 heteroatoms. The number of aromatic nitrogens is 3. The van der Waals surface area contributed by atoms with Gasteiger partial charge in [-0.2, -0.15) is 5.10 Å². The van der Waals surface area contributed by atoms with Gasteiger partial charge in [0.25, 0.3) is 0 Å². The summed E-state index contributed by atoms with van der Waals surface area (Å²) in [7, 11) is 1.86. The van der Waals surface area contributed by atoms with Crippen molar-refractivity contribution < 1.29 is 0 Å². The van der Waals surface area contributed by atoms with E-state index >= 15 is 0 Å². The van der Waals surface area contributed by atoms with Crippen molar-refractivity contribution in [2.45, 2.75) is 47.1 Å². The van der Waals surface area contributed by atoms with Gasteiger partial charge in [-0.15, -0.1) is 24.0 Å². The number of aryl methyl sites for hydroxylation is 2. The molecule has 28 heavy (non-hydrogen) atoms. The zero-order valence-electron chi connectivity index (χ0n) is 17.6. The fourth-order valence-corrected chi connectivity index (χ4v) is 3.90. The van der Waals surface area contributed by atoms with E-state index in [1.54, 1.807) is 0 Å². The van der Waals surface area contributed by atoms with Crippen LogP contribution in [0.5, 0.6) is 0 Å². The molecule has 6 nitrogen and oxygen atoms in total. The van der Waals surface area contributed by atoms with Gasteiger partial charge in [-0.3, -0.25) is 4.99 Å². The van der Waals surface area contributed by atoms with Crippen molar-refractivity contribution in [2.75, 3.05) is 20.1 Å². The van der Waals surface area contributed by atoms with Gasteiger partial charge in [0.05, 0.1) is 5.69 Å². The lowest BCUT2D eigenvalue weighted by atomic mass is 9.97. The Morgan fingerprint density at radius 1 is 1.32 bits per heavy atom. The van der Waals surface area contributed by atoms with Gasteiger partial charge in [0.2, 0.25) is 0 Å². The molecule has 1 unspecified atom stereocenters. The van der Waals surface area contributed by atoms with E-state index in [4.69, 9.17) is 0 Å². The summed E-state index contributed by atoms with van der Waals surface area (Å²) in [6.07, 6.45) is 4.47. The first-order chi connectivity index (χ1) is 13.0. The Morgan fingerprint density at radius 2 is 2.11 bits per heavy atom. The quantitative estimate of drug-likeness (QED) is 0.387. The standard InChI is InChI=1S/C21H32N6.HI/c1-15(2)10-18-8-9-26(14-18)21(22-5)24-13-19-6-7-20(23-12-19)27-17(4)11-16(3)25-27;/h6-7,11-12,15,18H,8-10,13-14H2,1-5H3,(H,22,24);1H. The number of hydrogen-bond acceptors (Lipinski definition) is 3. The normalized spacial score (nSPS) is 17.1. The third-order valence-corrected chi connectivity index (χ3v) is 5.09. The molecule has 0 saturated carbocycles. The van der Waals surface area contributed by atoms with Crippen LogP contribution >= 0.6 is 24.0 Å². The number of rotatable bonds is 5. The molecule has 3 rings (SSSR count). The molecule has 2 aromatic rings. The minimum absolute atomic E-state index is 0. The summed E-state index contributed by atoms with van der Waals surface area (Å²) < 4.78 is 1.88. The fraction of sp³-hybridized carbons (Fsp3) is 0.571. The van der Waals surface area contributed by atoms with Gasteiger partial charge < -0.3 is 10.2 Å². The number of pyridine rings is 1. The summed E-state index contributed by atoms with van der Waals surface area (Å²) in [5.41, 5.74) is 3.24. The summed E-state index contributed by atoms with van der Waals surface area (Å²) in [6, 6.07) is 6.18. The van der Waals surface area contributed by atoms with Gasteiger partial charge in [-0.25, -0.2) is 9.67 Å². The van der Waals surface area contributed by atoms with Crippen molar-refractivity contribution in [1.29, 1.82) is 0 Å². The fourth-order valence-electron chi connectivity index (χ4n) is 3.90. The van der Waals surface area contributed by atoms with E-state index in [-0.39, 0.29) is 24.0 Å². The second kappa shape index (κ2) is 10.2. The molecule has 0 bridgehead atoms. The van der Waals surface area contributed by atoms with Crippen molar-refractivity contribution in [1.82, 2.24) is 25.0 Å². The maximum absolute atomic E-state index is 4.58. The molecule has 1 aliphatic heterocycles. The van der Waals surface area contributed by atoms with Crippen LogP contribution in [-0.4, -0.2) is 45.8 Å². The molecule has 154 valence electrons. The first-order valence-corrected chi connectivity index (χ1v) is 9.90. The van der Waals surface area contributed by atoms with Crippen molar-refractivity contribution in [3.05, 3.63) is 41.3 Å². The van der Waals surface area contributed by atoms with E-state index in [1.807, 2.05) is 37.8 Å². The van der Waals surface area contributed by atoms with Gasteiger partial charge in [0, 0.05) is 38.6 Å². The summed E-state index contributed by atoms with van der Waals surface area (Å²) in [4.78, 5) is 11.4. The summed E-state index contributed by atoms with van der Waals surface area (Å²) >= 11 is 0. The van der Waals surface area contributed by atoms with Crippen LogP contribution in [0.25, 0.3) is 5.82 Å². The van der Waals surface area contributed by atoms with Crippen molar-refractivity contribution in [3.63, 3.8) is 0 Å². The molecule has 3 heterocycles. The lowest BCUT2D eigenvalue weighted by molar-refractivity contribution is 0.403. The zero-order chi connectivity index (χ0) is 19.4. The predicted octanol–water partition coefficient (Wildman–Crippen LogP) is 3.95. The highest BCUT2D eigenvalue weighted by atomic mass is 127. The largest absolute Gasteiger partial charge is 0.352 e. The molecular weight excluding hydrogens is 463 g/mol. The molecule has 1 atom stereocenters. The van der Waals surface area contributed by atoms with Crippen LogP contribution in [-0.2, 0) is 6.54 Å². The highest BCUT2D eigenvalue weighted by Crippen LogP contribution is 2.23. The first kappa shape index (κ1) is 22.6. The average molecular weight is 496 g/mol. The van der Waals surface area contributed by atoms with Crippen LogP contribution in [0.2, 0.25) is 0 Å². The van der Waals surface area contributed by atoms with E-state index in [1.165, 1.54) is 12.8 Å². The lowest BCUT2D eigenvalue weighted by Gasteiger charge is -2.22. The van der Waals surface area contributed by atoms with Crippen LogP contribution in [0.15, 0.2) is 29.4 Å². The molecule has 1 N–H and O–H groups in total. The molecule has 0 radical (unpaired) electrons. The summed E-state index contributed by atoms with van der Waals surface area (Å²) in [6.45, 7) is 11.6. The van der Waals surface area contributed by atoms with Crippen LogP contribution in [0, 0.1) is 25.7 Å². The Kier molecular flexibility index (Phi) is 8.27. The Hall–Kier alpha value is -1.64. The molecule has 2 aromatic heterocycles. The highest BCUT2D eigenvalue weighted by molar-refractivity contribution is 14.0. The SMILES string of the molecule is CN=C(NCc1ccc(-n2nc(C)cc2C)nc1)N1CCC(CC(C)C)C1.I. The van der Waals surface area contributed by atoms with E-state index in [0.717, 1.165) is 60.2 Å². The third-order valence-electron chi connectivity index (χ3n) is 5.09. The number of halogens is 1. The number of likely N-dealkylation sites (tertiary alicyclic amines) is 1. The monoisotopic (exact) mass is 496 g/mol. The number of nitrogens with zero attached hydrogens (tertiary/aromatic N) is 5. The van der Waals surface area contributed by atoms with Crippen LogP contribution in [0.1, 0.15) is 43.6 Å². The third kappa shape index (κ3) is 5.68. The molecule has 1 aliphatic rings. The molecule has 0 spiro atoms. The Morgan fingerprint density at radius 3 is 2.68 bits per heavy atom. The summed E-state index contributed by atoms with van der Waals surface area (Å²) in [5, 5.41) is 7.98. The Labute approximate surface area is 185 Å². The average Bonchev–Trinajstić information content (AvgIpc) is 3.21. The number of nitrogens with one attached hydrogen (secondary N) is 1. The van der Waals surface area contributed by atoms with Crippen LogP contribution in [0.4, 0.5) is 0 Å². The molecule has 0 aromatic carbocycles.